The van der Waals surface area contributed by atoms with Crippen LogP contribution >= 0.6 is 11.6 Å². The lowest BCUT2D eigenvalue weighted by Gasteiger charge is -2.10. The number of amides is 1. The Bertz CT molecular complexity index is 976. The van der Waals surface area contributed by atoms with Crippen molar-refractivity contribution in [2.45, 2.75) is 6.54 Å². The van der Waals surface area contributed by atoms with E-state index in [1.807, 2.05) is 12.1 Å². The monoisotopic (exact) mass is 396 g/mol. The van der Waals surface area contributed by atoms with Crippen molar-refractivity contribution in [3.63, 3.8) is 0 Å². The topological polar surface area (TPSA) is 93.2 Å². The quantitative estimate of drug-likeness (QED) is 0.618. The van der Waals surface area contributed by atoms with Crippen LogP contribution in [0.4, 0.5) is 11.6 Å². The van der Waals surface area contributed by atoms with Gasteiger partial charge in [-0.05, 0) is 29.8 Å². The molecule has 3 aromatic rings. The van der Waals surface area contributed by atoms with Crippen LogP contribution < -0.4 is 10.6 Å². The van der Waals surface area contributed by atoms with E-state index in [2.05, 4.69) is 20.6 Å². The van der Waals surface area contributed by atoms with Gasteiger partial charge >= 0.3 is 5.97 Å². The van der Waals surface area contributed by atoms with E-state index in [1.54, 1.807) is 36.4 Å². The number of carbonyl (C=O) groups is 2. The van der Waals surface area contributed by atoms with Gasteiger partial charge in [-0.25, -0.2) is 14.8 Å². The fourth-order valence-corrected chi connectivity index (χ4v) is 2.52. The third-order valence-corrected chi connectivity index (χ3v) is 4.11. The Morgan fingerprint density at radius 2 is 1.71 bits per heavy atom. The highest BCUT2D eigenvalue weighted by atomic mass is 35.5. The van der Waals surface area contributed by atoms with E-state index in [4.69, 9.17) is 16.3 Å². The number of anilines is 2. The van der Waals surface area contributed by atoms with Gasteiger partial charge < -0.3 is 15.4 Å². The van der Waals surface area contributed by atoms with Crippen molar-refractivity contribution in [2.75, 3.05) is 12.4 Å². The number of ether oxygens (including phenoxy) is 1. The van der Waals surface area contributed by atoms with Gasteiger partial charge in [0.1, 0.15) is 0 Å². The van der Waals surface area contributed by atoms with Gasteiger partial charge in [0, 0.05) is 24.0 Å². The van der Waals surface area contributed by atoms with Crippen LogP contribution in [0.2, 0.25) is 5.02 Å². The first-order chi connectivity index (χ1) is 13.6. The van der Waals surface area contributed by atoms with Gasteiger partial charge in [-0.3, -0.25) is 4.79 Å². The summed E-state index contributed by atoms with van der Waals surface area (Å²) in [5.41, 5.74) is 2.12. The molecule has 2 aromatic carbocycles. The first-order valence-electron chi connectivity index (χ1n) is 8.36. The average molecular weight is 397 g/mol. The minimum absolute atomic E-state index is 0.255. The normalized spacial score (nSPS) is 10.2. The average Bonchev–Trinajstić information content (AvgIpc) is 2.73. The number of nitrogens with one attached hydrogen (secondary N) is 2. The fourth-order valence-electron chi connectivity index (χ4n) is 2.40. The minimum atomic E-state index is -0.471. The number of hydrogen-bond donors (Lipinski definition) is 2. The molecule has 1 heterocycles. The molecule has 0 aliphatic rings. The van der Waals surface area contributed by atoms with Gasteiger partial charge in [-0.2, -0.15) is 0 Å². The summed E-state index contributed by atoms with van der Waals surface area (Å²) < 4.78 is 4.76. The Morgan fingerprint density at radius 1 is 1.04 bits per heavy atom. The van der Waals surface area contributed by atoms with Crippen molar-refractivity contribution >= 4 is 35.1 Å². The maximum Gasteiger partial charge on any atom is 0.339 e. The lowest BCUT2D eigenvalue weighted by atomic mass is 10.2. The number of benzene rings is 2. The van der Waals surface area contributed by atoms with E-state index in [0.29, 0.717) is 28.4 Å². The molecular formula is C20H17ClN4O3. The largest absolute Gasteiger partial charge is 0.465 e. The second-order valence-corrected chi connectivity index (χ2v) is 6.20. The second kappa shape index (κ2) is 8.96. The molecule has 0 saturated carbocycles. The Labute approximate surface area is 166 Å². The molecule has 0 aliphatic carbocycles. The number of nitrogens with zero attached hydrogens (tertiary/aromatic N) is 2. The van der Waals surface area contributed by atoms with Crippen molar-refractivity contribution in [1.29, 1.82) is 0 Å². The van der Waals surface area contributed by atoms with Crippen molar-refractivity contribution in [3.8, 4) is 0 Å². The predicted octanol–water partition coefficient (Wildman–Crippen LogP) is 3.59. The molecule has 0 bridgehead atoms. The molecule has 0 aliphatic heterocycles. The van der Waals surface area contributed by atoms with Gasteiger partial charge in [0.15, 0.2) is 0 Å². The molecule has 1 aromatic heterocycles. The predicted molar refractivity (Wildman–Crippen MR) is 106 cm³/mol. The molecule has 2 N–H and O–H groups in total. The molecule has 142 valence electrons. The molecule has 3 rings (SSSR count). The van der Waals surface area contributed by atoms with Gasteiger partial charge in [-0.15, -0.1) is 0 Å². The third-order valence-electron chi connectivity index (χ3n) is 3.86. The van der Waals surface area contributed by atoms with Crippen LogP contribution in [-0.2, 0) is 11.3 Å². The number of hydrogen-bond acceptors (Lipinski definition) is 6. The molecule has 8 heteroatoms. The molecule has 0 saturated heterocycles. The van der Waals surface area contributed by atoms with Crippen LogP contribution in [0.5, 0.6) is 0 Å². The molecule has 1 amide bonds. The first-order valence-corrected chi connectivity index (χ1v) is 8.73. The molecule has 0 fully saturated rings. The summed E-state index contributed by atoms with van der Waals surface area (Å²) in [5, 5.41) is 6.38. The van der Waals surface area contributed by atoms with Crippen molar-refractivity contribution in [3.05, 3.63) is 82.6 Å². The van der Waals surface area contributed by atoms with Crippen LogP contribution in [0.3, 0.4) is 0 Å². The number of methoxy groups -OCH3 is 1. The molecule has 0 atom stereocenters. The number of halogens is 1. The van der Waals surface area contributed by atoms with Gasteiger partial charge in [0.2, 0.25) is 5.95 Å². The summed E-state index contributed by atoms with van der Waals surface area (Å²) >= 11 is 5.84. The number of para-hydroxylation sites is 1. The summed E-state index contributed by atoms with van der Waals surface area (Å²) in [4.78, 5) is 32.3. The van der Waals surface area contributed by atoms with Gasteiger partial charge in [0.25, 0.3) is 5.91 Å². The highest BCUT2D eigenvalue weighted by Gasteiger charge is 2.12. The minimum Gasteiger partial charge on any atom is -0.465 e. The van der Waals surface area contributed by atoms with E-state index in [0.717, 1.165) is 5.56 Å². The third kappa shape index (κ3) is 4.83. The number of rotatable bonds is 6. The maximum absolute atomic E-state index is 12.2. The van der Waals surface area contributed by atoms with Gasteiger partial charge in [0.05, 0.1) is 23.9 Å². The fraction of sp³-hybridized carbons (Fsp3) is 0.100. The molecule has 7 nitrogen and oxygen atoms in total. The van der Waals surface area contributed by atoms with Gasteiger partial charge in [-0.1, -0.05) is 35.9 Å². The van der Waals surface area contributed by atoms with Crippen LogP contribution in [0, 0.1) is 0 Å². The Balaban J connectivity index is 1.64. The zero-order valence-electron chi connectivity index (χ0n) is 15.0. The van der Waals surface area contributed by atoms with E-state index < -0.39 is 5.97 Å². The highest BCUT2D eigenvalue weighted by Crippen LogP contribution is 2.19. The van der Waals surface area contributed by atoms with Crippen LogP contribution in [0.25, 0.3) is 0 Å². The lowest BCUT2D eigenvalue weighted by Crippen LogP contribution is -2.23. The van der Waals surface area contributed by atoms with Crippen molar-refractivity contribution in [2.24, 2.45) is 0 Å². The lowest BCUT2D eigenvalue weighted by molar-refractivity contribution is 0.0601. The summed E-state index contributed by atoms with van der Waals surface area (Å²) in [5.74, 6) is -0.511. The molecule has 0 unspecified atom stereocenters. The summed E-state index contributed by atoms with van der Waals surface area (Å²) in [6.45, 7) is 0.364. The smallest absolute Gasteiger partial charge is 0.339 e. The summed E-state index contributed by atoms with van der Waals surface area (Å²) in [6, 6.07) is 14.0. The van der Waals surface area contributed by atoms with Crippen LogP contribution in [0.1, 0.15) is 26.3 Å². The van der Waals surface area contributed by atoms with Crippen molar-refractivity contribution < 1.29 is 14.3 Å². The Hall–Kier alpha value is -3.45. The SMILES string of the molecule is COC(=O)c1ccccc1Nc1ncc(C(=O)NCc2ccc(Cl)cc2)cn1. The van der Waals surface area contributed by atoms with E-state index >= 15 is 0 Å². The highest BCUT2D eigenvalue weighted by molar-refractivity contribution is 6.30. The standard InChI is InChI=1S/C20H17ClN4O3/c1-28-19(27)16-4-2-3-5-17(16)25-20-23-11-14(12-24-20)18(26)22-10-13-6-8-15(21)9-7-13/h2-9,11-12H,10H2,1H3,(H,22,26)(H,23,24,25). The second-order valence-electron chi connectivity index (χ2n) is 5.77. The van der Waals surface area contributed by atoms with Crippen molar-refractivity contribution in [1.82, 2.24) is 15.3 Å². The first kappa shape index (κ1) is 19.3. The molecule has 0 spiro atoms. The molecular weight excluding hydrogens is 380 g/mol. The number of esters is 1. The van der Waals surface area contributed by atoms with E-state index in [1.165, 1.54) is 19.5 Å². The summed E-state index contributed by atoms with van der Waals surface area (Å²) in [7, 11) is 1.31. The zero-order chi connectivity index (χ0) is 19.9. The molecule has 0 radical (unpaired) electrons. The summed E-state index contributed by atoms with van der Waals surface area (Å²) in [6.07, 6.45) is 2.82. The Kier molecular flexibility index (Phi) is 6.18. The maximum atomic E-state index is 12.2. The van der Waals surface area contributed by atoms with E-state index in [-0.39, 0.29) is 11.9 Å². The van der Waals surface area contributed by atoms with Crippen LogP contribution in [0.15, 0.2) is 60.9 Å². The zero-order valence-corrected chi connectivity index (χ0v) is 15.7. The molecule has 28 heavy (non-hydrogen) atoms. The van der Waals surface area contributed by atoms with E-state index in [9.17, 15) is 9.59 Å². The number of carbonyl (C=O) groups excluding carboxylic acids is 2. The Morgan fingerprint density at radius 3 is 2.39 bits per heavy atom. The van der Waals surface area contributed by atoms with Crippen LogP contribution in [-0.4, -0.2) is 29.0 Å². The number of aromatic nitrogens is 2.